The van der Waals surface area contributed by atoms with Crippen LogP contribution < -0.4 is 0 Å². The molecular formula is C42H79O10P. The molecule has 0 spiro atoms. The summed E-state index contributed by atoms with van der Waals surface area (Å²) in [6.45, 7) is 2.33. The van der Waals surface area contributed by atoms with E-state index in [9.17, 15) is 24.2 Å². The van der Waals surface area contributed by atoms with Gasteiger partial charge in [0, 0.05) is 12.8 Å². The van der Waals surface area contributed by atoms with Gasteiger partial charge in [0.25, 0.3) is 0 Å². The van der Waals surface area contributed by atoms with E-state index in [4.69, 9.17) is 19.1 Å². The van der Waals surface area contributed by atoms with E-state index < -0.39 is 51.8 Å². The molecule has 3 atom stereocenters. The number of esters is 2. The molecule has 0 aromatic carbocycles. The summed E-state index contributed by atoms with van der Waals surface area (Å²) in [5.74, 6) is -0.949. The Bertz CT molecular complexity index is 941. The van der Waals surface area contributed by atoms with E-state index in [1.807, 2.05) is 0 Å². The first-order valence-corrected chi connectivity index (χ1v) is 22.8. The van der Waals surface area contributed by atoms with Crippen LogP contribution in [0.5, 0.6) is 0 Å². The van der Waals surface area contributed by atoms with Crippen LogP contribution in [0.2, 0.25) is 0 Å². The van der Waals surface area contributed by atoms with Gasteiger partial charge in [0.05, 0.1) is 19.8 Å². The Hall–Kier alpha value is -1.55. The number of aliphatic hydroxyl groups is 2. The maximum atomic E-state index is 12.6. The molecule has 10 nitrogen and oxygen atoms in total. The van der Waals surface area contributed by atoms with E-state index in [2.05, 4.69) is 42.7 Å². The van der Waals surface area contributed by atoms with Gasteiger partial charge in [-0.15, -0.1) is 0 Å². The fourth-order valence-electron chi connectivity index (χ4n) is 5.73. The third-order valence-electron chi connectivity index (χ3n) is 9.08. The molecule has 53 heavy (non-hydrogen) atoms. The van der Waals surface area contributed by atoms with Crippen molar-refractivity contribution in [3.63, 3.8) is 0 Å². The molecule has 11 heteroatoms. The van der Waals surface area contributed by atoms with Crippen LogP contribution in [-0.2, 0) is 32.7 Å². The average molecular weight is 775 g/mol. The molecule has 0 amide bonds. The Labute approximate surface area is 323 Å². The first kappa shape index (κ1) is 51.5. The number of carbonyl (C=O) groups excluding carboxylic acids is 2. The molecule has 0 aliphatic carbocycles. The van der Waals surface area contributed by atoms with E-state index in [1.54, 1.807) is 0 Å². The molecular weight excluding hydrogens is 695 g/mol. The standard InChI is InChI=1S/C42H79O10P/c1-3-5-7-9-11-13-15-17-19-21-23-25-27-29-31-33-41(45)49-37-40(38-51-53(47,48)50-36-39(44)35-43)52-42(46)34-32-30-28-26-24-22-20-18-16-14-12-10-8-6-4-2/h9,11,24,26,39-40,43-44H,3-8,10,12-23,25,27-38H2,1-2H3,(H,47,48)/b11-9+,26-24+/t39-,40+/m0/s1. The van der Waals surface area contributed by atoms with Gasteiger partial charge >= 0.3 is 19.8 Å². The van der Waals surface area contributed by atoms with Crippen LogP contribution in [0.3, 0.4) is 0 Å². The molecule has 312 valence electrons. The van der Waals surface area contributed by atoms with Crippen LogP contribution in [-0.4, -0.2) is 65.7 Å². The first-order valence-electron chi connectivity index (χ1n) is 21.3. The zero-order chi connectivity index (χ0) is 39.1. The molecule has 0 saturated heterocycles. The SMILES string of the molecule is CCCC/C=C/CCCCCCCCCCCC(=O)OC[C@H](COP(=O)(O)OC[C@@H](O)CO)OC(=O)CCCC/C=C/CCCCCCCCCCC. The van der Waals surface area contributed by atoms with Gasteiger partial charge in [-0.2, -0.15) is 0 Å². The number of unbranched alkanes of at least 4 members (excludes halogenated alkanes) is 22. The van der Waals surface area contributed by atoms with Crippen LogP contribution >= 0.6 is 7.82 Å². The molecule has 0 radical (unpaired) electrons. The maximum absolute atomic E-state index is 12.6. The molecule has 0 aromatic rings. The lowest BCUT2D eigenvalue weighted by molar-refractivity contribution is -0.161. The van der Waals surface area contributed by atoms with Crippen LogP contribution in [0.4, 0.5) is 0 Å². The van der Waals surface area contributed by atoms with Crippen LogP contribution in [0.1, 0.15) is 194 Å². The summed E-state index contributed by atoms with van der Waals surface area (Å²) in [5, 5.41) is 18.3. The summed E-state index contributed by atoms with van der Waals surface area (Å²) in [6.07, 6.45) is 37.2. The van der Waals surface area contributed by atoms with Crippen molar-refractivity contribution in [2.24, 2.45) is 0 Å². The zero-order valence-electron chi connectivity index (χ0n) is 33.7. The summed E-state index contributed by atoms with van der Waals surface area (Å²) in [4.78, 5) is 34.9. The number of hydrogen-bond acceptors (Lipinski definition) is 9. The number of phosphoric acid groups is 1. The fourth-order valence-corrected chi connectivity index (χ4v) is 6.52. The van der Waals surface area contributed by atoms with Crippen molar-refractivity contribution >= 4 is 19.8 Å². The predicted octanol–water partition coefficient (Wildman–Crippen LogP) is 11.0. The Kier molecular flexibility index (Phi) is 37.6. The number of phosphoric ester groups is 1. The molecule has 0 rings (SSSR count). The Morgan fingerprint density at radius 3 is 1.45 bits per heavy atom. The molecule has 0 aliphatic rings. The molecule has 3 N–H and O–H groups in total. The van der Waals surface area contributed by atoms with Crippen molar-refractivity contribution in [3.8, 4) is 0 Å². The summed E-state index contributed by atoms with van der Waals surface area (Å²) in [6, 6.07) is 0. The van der Waals surface area contributed by atoms with Gasteiger partial charge in [0.2, 0.25) is 0 Å². The number of allylic oxidation sites excluding steroid dienone is 4. The van der Waals surface area contributed by atoms with Crippen molar-refractivity contribution in [3.05, 3.63) is 24.3 Å². The summed E-state index contributed by atoms with van der Waals surface area (Å²) < 4.78 is 32.7. The van der Waals surface area contributed by atoms with Crippen molar-refractivity contribution in [1.82, 2.24) is 0 Å². The highest BCUT2D eigenvalue weighted by Gasteiger charge is 2.27. The van der Waals surface area contributed by atoms with E-state index >= 15 is 0 Å². The van der Waals surface area contributed by atoms with Gasteiger partial charge in [0.1, 0.15) is 12.7 Å². The van der Waals surface area contributed by atoms with Crippen molar-refractivity contribution < 1.29 is 47.8 Å². The monoisotopic (exact) mass is 775 g/mol. The highest BCUT2D eigenvalue weighted by atomic mass is 31.2. The van der Waals surface area contributed by atoms with Gasteiger partial charge in [0.15, 0.2) is 6.10 Å². The average Bonchev–Trinajstić information content (AvgIpc) is 3.14. The number of hydrogen-bond donors (Lipinski definition) is 3. The molecule has 0 fully saturated rings. The topological polar surface area (TPSA) is 149 Å². The van der Waals surface area contributed by atoms with Crippen LogP contribution in [0.15, 0.2) is 24.3 Å². The third-order valence-corrected chi connectivity index (χ3v) is 10.0. The molecule has 0 aromatic heterocycles. The van der Waals surface area contributed by atoms with Gasteiger partial charge in [-0.3, -0.25) is 18.6 Å². The zero-order valence-corrected chi connectivity index (χ0v) is 34.6. The van der Waals surface area contributed by atoms with Crippen molar-refractivity contribution in [1.29, 1.82) is 0 Å². The second-order valence-electron chi connectivity index (χ2n) is 14.4. The van der Waals surface area contributed by atoms with Gasteiger partial charge in [-0.1, -0.05) is 147 Å². The third kappa shape index (κ3) is 38.5. The van der Waals surface area contributed by atoms with Gasteiger partial charge < -0.3 is 24.6 Å². The summed E-state index contributed by atoms with van der Waals surface area (Å²) in [5.41, 5.74) is 0. The second-order valence-corrected chi connectivity index (χ2v) is 15.8. The number of rotatable bonds is 40. The van der Waals surface area contributed by atoms with E-state index in [0.717, 1.165) is 38.5 Å². The smallest absolute Gasteiger partial charge is 0.462 e. The van der Waals surface area contributed by atoms with E-state index in [0.29, 0.717) is 12.8 Å². The lowest BCUT2D eigenvalue weighted by Crippen LogP contribution is -2.29. The quantitative estimate of drug-likeness (QED) is 0.0238. The summed E-state index contributed by atoms with van der Waals surface area (Å²) >= 11 is 0. The second kappa shape index (κ2) is 38.7. The molecule has 0 aliphatic heterocycles. The minimum absolute atomic E-state index is 0.156. The van der Waals surface area contributed by atoms with E-state index in [1.165, 1.54) is 116 Å². The lowest BCUT2D eigenvalue weighted by Gasteiger charge is -2.20. The lowest BCUT2D eigenvalue weighted by atomic mass is 10.1. The van der Waals surface area contributed by atoms with Crippen molar-refractivity contribution in [2.45, 2.75) is 206 Å². The largest absolute Gasteiger partial charge is 0.472 e. The van der Waals surface area contributed by atoms with Crippen molar-refractivity contribution in [2.75, 3.05) is 26.4 Å². The Morgan fingerprint density at radius 2 is 0.943 bits per heavy atom. The van der Waals surface area contributed by atoms with Crippen LogP contribution in [0.25, 0.3) is 0 Å². The highest BCUT2D eigenvalue weighted by molar-refractivity contribution is 7.47. The first-order chi connectivity index (χ1) is 25.7. The Morgan fingerprint density at radius 1 is 0.547 bits per heavy atom. The maximum Gasteiger partial charge on any atom is 0.472 e. The van der Waals surface area contributed by atoms with Gasteiger partial charge in [-0.05, 0) is 57.8 Å². The number of ether oxygens (including phenoxy) is 2. The molecule has 0 heterocycles. The number of carbonyl (C=O) groups is 2. The molecule has 1 unspecified atom stereocenters. The fraction of sp³-hybridized carbons (Fsp3) is 0.857. The normalized spacial score (nSPS) is 14.1. The van der Waals surface area contributed by atoms with Crippen LogP contribution in [0, 0.1) is 0 Å². The Balaban J connectivity index is 4.32. The number of aliphatic hydroxyl groups excluding tert-OH is 2. The van der Waals surface area contributed by atoms with E-state index in [-0.39, 0.29) is 19.4 Å². The van der Waals surface area contributed by atoms with Gasteiger partial charge in [-0.25, -0.2) is 4.57 Å². The summed E-state index contributed by atoms with van der Waals surface area (Å²) in [7, 11) is -4.62. The molecule has 0 bridgehead atoms. The minimum Gasteiger partial charge on any atom is -0.462 e. The highest BCUT2D eigenvalue weighted by Crippen LogP contribution is 2.43. The predicted molar refractivity (Wildman–Crippen MR) is 215 cm³/mol. The molecule has 0 saturated carbocycles. The minimum atomic E-state index is -4.62.